The maximum absolute atomic E-state index is 13.9. The maximum atomic E-state index is 13.9. The van der Waals surface area contributed by atoms with Crippen molar-refractivity contribution in [3.05, 3.63) is 34.1 Å². The Morgan fingerprint density at radius 2 is 2.04 bits per heavy atom. The van der Waals surface area contributed by atoms with E-state index in [4.69, 9.17) is 4.74 Å². The first-order valence-electron chi connectivity index (χ1n) is 7.80. The molecule has 4 nitrogen and oxygen atoms in total. The van der Waals surface area contributed by atoms with Crippen LogP contribution < -0.4 is 10.6 Å². The number of nitrogens with one attached hydrogen (secondary N) is 2. The molecule has 0 heterocycles. The van der Waals surface area contributed by atoms with Gasteiger partial charge < -0.3 is 15.4 Å². The Kier molecular flexibility index (Phi) is 7.48. The number of alkyl carbamates (subject to hydrolysis) is 1. The summed E-state index contributed by atoms with van der Waals surface area (Å²) in [6.45, 7) is 9.87. The number of hydrogen-bond donors (Lipinski definition) is 2. The summed E-state index contributed by atoms with van der Waals surface area (Å²) in [5.41, 5.74) is 0.0641. The van der Waals surface area contributed by atoms with E-state index < -0.39 is 11.7 Å². The van der Waals surface area contributed by atoms with Gasteiger partial charge in [0, 0.05) is 28.7 Å². The largest absolute Gasteiger partial charge is 0.444 e. The standard InChI is InChI=1S/C17H26BrFN2O2/c1-6-13(21-16(22)23-17(3,4)5)10-20-11(2)14-9-12(18)7-8-15(14)19/h7-9,11,13,20H,6,10H2,1-5H3,(H,21,22). The minimum absolute atomic E-state index is 0.0810. The van der Waals surface area contributed by atoms with Crippen molar-refractivity contribution >= 4 is 22.0 Å². The molecule has 2 atom stereocenters. The number of halogens is 2. The van der Waals surface area contributed by atoms with E-state index >= 15 is 0 Å². The summed E-state index contributed by atoms with van der Waals surface area (Å²) in [5.74, 6) is -0.249. The van der Waals surface area contributed by atoms with Crippen LogP contribution in [0.25, 0.3) is 0 Å². The summed E-state index contributed by atoms with van der Waals surface area (Å²) < 4.78 is 20.0. The molecule has 23 heavy (non-hydrogen) atoms. The van der Waals surface area contributed by atoms with Gasteiger partial charge in [0.2, 0.25) is 0 Å². The minimum Gasteiger partial charge on any atom is -0.444 e. The zero-order chi connectivity index (χ0) is 17.6. The van der Waals surface area contributed by atoms with Gasteiger partial charge in [0.1, 0.15) is 11.4 Å². The van der Waals surface area contributed by atoms with Crippen LogP contribution in [0.1, 0.15) is 52.6 Å². The van der Waals surface area contributed by atoms with Crippen LogP contribution >= 0.6 is 15.9 Å². The summed E-state index contributed by atoms with van der Waals surface area (Å²) in [4.78, 5) is 11.8. The van der Waals surface area contributed by atoms with Crippen LogP contribution in [0.4, 0.5) is 9.18 Å². The number of carbonyl (C=O) groups is 1. The molecule has 1 amide bonds. The molecule has 0 aliphatic carbocycles. The number of hydrogen-bond acceptors (Lipinski definition) is 3. The summed E-state index contributed by atoms with van der Waals surface area (Å²) in [5, 5.41) is 6.08. The predicted molar refractivity (Wildman–Crippen MR) is 94.0 cm³/mol. The van der Waals surface area contributed by atoms with Crippen molar-refractivity contribution in [2.45, 2.75) is 58.7 Å². The van der Waals surface area contributed by atoms with E-state index in [1.165, 1.54) is 6.07 Å². The number of carbonyl (C=O) groups excluding carboxylic acids is 1. The number of benzene rings is 1. The quantitative estimate of drug-likeness (QED) is 0.751. The van der Waals surface area contributed by atoms with Crippen LogP contribution in [0.15, 0.2) is 22.7 Å². The zero-order valence-corrected chi connectivity index (χ0v) is 16.0. The van der Waals surface area contributed by atoms with Gasteiger partial charge in [0.15, 0.2) is 0 Å². The molecule has 2 N–H and O–H groups in total. The Morgan fingerprint density at radius 3 is 2.61 bits per heavy atom. The molecule has 130 valence electrons. The molecule has 1 rings (SSSR count). The highest BCUT2D eigenvalue weighted by Crippen LogP contribution is 2.21. The molecule has 0 bridgehead atoms. The molecule has 0 fully saturated rings. The van der Waals surface area contributed by atoms with Crippen molar-refractivity contribution in [2.24, 2.45) is 0 Å². The minimum atomic E-state index is -0.525. The molecule has 0 aromatic heterocycles. The van der Waals surface area contributed by atoms with E-state index in [9.17, 15) is 9.18 Å². The summed E-state index contributed by atoms with van der Waals surface area (Å²) in [6, 6.07) is 4.62. The highest BCUT2D eigenvalue weighted by atomic mass is 79.9. The SMILES string of the molecule is CCC(CNC(C)c1cc(Br)ccc1F)NC(=O)OC(C)(C)C. The smallest absolute Gasteiger partial charge is 0.407 e. The molecule has 6 heteroatoms. The van der Waals surface area contributed by atoms with Gasteiger partial charge in [-0.15, -0.1) is 0 Å². The normalized spacial score (nSPS) is 14.2. The summed E-state index contributed by atoms with van der Waals surface area (Å²) in [6.07, 6.45) is 0.312. The van der Waals surface area contributed by atoms with Crippen LogP contribution in [-0.2, 0) is 4.74 Å². The van der Waals surface area contributed by atoms with Gasteiger partial charge in [-0.25, -0.2) is 9.18 Å². The summed E-state index contributed by atoms with van der Waals surface area (Å²) >= 11 is 3.35. The van der Waals surface area contributed by atoms with E-state index in [-0.39, 0.29) is 17.9 Å². The van der Waals surface area contributed by atoms with E-state index in [0.717, 1.165) is 10.9 Å². The van der Waals surface area contributed by atoms with Crippen LogP contribution in [0.3, 0.4) is 0 Å². The van der Waals surface area contributed by atoms with Gasteiger partial charge in [0.05, 0.1) is 0 Å². The van der Waals surface area contributed by atoms with E-state index in [1.807, 2.05) is 34.6 Å². The first-order valence-corrected chi connectivity index (χ1v) is 8.59. The lowest BCUT2D eigenvalue weighted by Crippen LogP contribution is -2.44. The Hall–Kier alpha value is -1.14. The Morgan fingerprint density at radius 1 is 1.39 bits per heavy atom. The van der Waals surface area contributed by atoms with Crippen molar-refractivity contribution in [1.29, 1.82) is 0 Å². The Bertz CT molecular complexity index is 532. The van der Waals surface area contributed by atoms with Gasteiger partial charge in [-0.3, -0.25) is 0 Å². The van der Waals surface area contributed by atoms with Crippen LogP contribution in [-0.4, -0.2) is 24.3 Å². The van der Waals surface area contributed by atoms with Crippen molar-refractivity contribution < 1.29 is 13.9 Å². The van der Waals surface area contributed by atoms with E-state index in [1.54, 1.807) is 12.1 Å². The first kappa shape index (κ1) is 19.9. The lowest BCUT2D eigenvalue weighted by Gasteiger charge is -2.24. The molecular formula is C17H26BrFN2O2. The molecule has 0 spiro atoms. The highest BCUT2D eigenvalue weighted by Gasteiger charge is 2.19. The van der Waals surface area contributed by atoms with Gasteiger partial charge in [0.25, 0.3) is 0 Å². The third-order valence-electron chi connectivity index (χ3n) is 3.31. The molecule has 2 unspecified atom stereocenters. The van der Waals surface area contributed by atoms with Crippen molar-refractivity contribution in [1.82, 2.24) is 10.6 Å². The molecule has 0 radical (unpaired) electrons. The third kappa shape index (κ3) is 7.31. The first-order chi connectivity index (χ1) is 10.6. The molecular weight excluding hydrogens is 363 g/mol. The number of amides is 1. The predicted octanol–water partition coefficient (Wildman–Crippen LogP) is 4.54. The highest BCUT2D eigenvalue weighted by molar-refractivity contribution is 9.10. The summed E-state index contributed by atoms with van der Waals surface area (Å²) in [7, 11) is 0. The van der Waals surface area contributed by atoms with Gasteiger partial charge in [-0.2, -0.15) is 0 Å². The molecule has 1 aromatic carbocycles. The van der Waals surface area contributed by atoms with Gasteiger partial charge in [-0.05, 0) is 52.3 Å². The third-order valence-corrected chi connectivity index (χ3v) is 3.80. The van der Waals surface area contributed by atoms with E-state index in [2.05, 4.69) is 26.6 Å². The lowest BCUT2D eigenvalue weighted by atomic mass is 10.1. The van der Waals surface area contributed by atoms with Gasteiger partial charge >= 0.3 is 6.09 Å². The van der Waals surface area contributed by atoms with Crippen LogP contribution in [0.2, 0.25) is 0 Å². The molecule has 0 saturated carbocycles. The monoisotopic (exact) mass is 388 g/mol. The second kappa shape index (κ2) is 8.64. The number of ether oxygens (including phenoxy) is 1. The second-order valence-electron chi connectivity index (χ2n) is 6.55. The molecule has 0 aliphatic heterocycles. The fourth-order valence-electron chi connectivity index (χ4n) is 2.05. The van der Waals surface area contributed by atoms with Crippen molar-refractivity contribution in [2.75, 3.05) is 6.54 Å². The van der Waals surface area contributed by atoms with Crippen LogP contribution in [0, 0.1) is 5.82 Å². The number of rotatable bonds is 6. The molecule has 0 saturated heterocycles. The van der Waals surface area contributed by atoms with E-state index in [0.29, 0.717) is 12.1 Å². The lowest BCUT2D eigenvalue weighted by molar-refractivity contribution is 0.0502. The fraction of sp³-hybridized carbons (Fsp3) is 0.588. The molecule has 1 aromatic rings. The van der Waals surface area contributed by atoms with Gasteiger partial charge in [-0.1, -0.05) is 22.9 Å². The zero-order valence-electron chi connectivity index (χ0n) is 14.4. The van der Waals surface area contributed by atoms with Crippen LogP contribution in [0.5, 0.6) is 0 Å². The fourth-order valence-corrected chi connectivity index (χ4v) is 2.43. The van der Waals surface area contributed by atoms with Crippen molar-refractivity contribution in [3.63, 3.8) is 0 Å². The van der Waals surface area contributed by atoms with Crippen molar-refractivity contribution in [3.8, 4) is 0 Å². The topological polar surface area (TPSA) is 50.4 Å². The maximum Gasteiger partial charge on any atom is 0.407 e. The Labute approximate surface area is 146 Å². The molecule has 0 aliphatic rings. The average molecular weight is 389 g/mol. The Balaban J connectivity index is 2.56. The second-order valence-corrected chi connectivity index (χ2v) is 7.46. The average Bonchev–Trinajstić information content (AvgIpc) is 2.43.